The number of aromatic amines is 1. The molecule has 0 radical (unpaired) electrons. The molecule has 0 bridgehead atoms. The van der Waals surface area contributed by atoms with Crippen molar-refractivity contribution in [3.63, 3.8) is 0 Å². The van der Waals surface area contributed by atoms with Crippen LogP contribution in [0.4, 0.5) is 5.95 Å². The number of ketones is 1. The number of para-hydroxylation sites is 2. The van der Waals surface area contributed by atoms with E-state index in [9.17, 15) is 14.7 Å². The van der Waals surface area contributed by atoms with Gasteiger partial charge in [0.1, 0.15) is 6.04 Å². The number of pyridine rings is 1. The summed E-state index contributed by atoms with van der Waals surface area (Å²) in [5, 5.41) is 12.4. The lowest BCUT2D eigenvalue weighted by Crippen LogP contribution is -2.32. The van der Waals surface area contributed by atoms with Crippen LogP contribution in [0.15, 0.2) is 77.5 Å². The number of carbonyl (C=O) groups excluding carboxylic acids is 2. The lowest BCUT2D eigenvalue weighted by Gasteiger charge is -2.23. The van der Waals surface area contributed by atoms with Crippen molar-refractivity contribution >= 4 is 40.0 Å². The average molecular weight is 402 g/mol. The number of aromatic nitrogens is 3. The van der Waals surface area contributed by atoms with Crippen LogP contribution in [0, 0.1) is 0 Å². The molecular formula is C21H14N4O3S. The van der Waals surface area contributed by atoms with Crippen molar-refractivity contribution in [3.8, 4) is 0 Å². The Morgan fingerprint density at radius 1 is 1.10 bits per heavy atom. The van der Waals surface area contributed by atoms with Crippen LogP contribution in [0.25, 0.3) is 11.0 Å². The lowest BCUT2D eigenvalue weighted by atomic mass is 9.99. The fraction of sp³-hybridized carbons (Fsp3) is 0.0476. The predicted octanol–water partition coefficient (Wildman–Crippen LogP) is 3.80. The Morgan fingerprint density at radius 3 is 2.66 bits per heavy atom. The van der Waals surface area contributed by atoms with E-state index in [4.69, 9.17) is 0 Å². The van der Waals surface area contributed by atoms with Gasteiger partial charge in [0.15, 0.2) is 5.76 Å². The third kappa shape index (κ3) is 2.73. The molecule has 2 N–H and O–H groups in total. The molecule has 0 fully saturated rings. The lowest BCUT2D eigenvalue weighted by molar-refractivity contribution is -0.117. The van der Waals surface area contributed by atoms with E-state index in [2.05, 4.69) is 15.0 Å². The van der Waals surface area contributed by atoms with Gasteiger partial charge in [-0.15, -0.1) is 11.3 Å². The van der Waals surface area contributed by atoms with E-state index in [1.807, 2.05) is 24.3 Å². The summed E-state index contributed by atoms with van der Waals surface area (Å²) in [6, 6.07) is 15.1. The minimum Gasteiger partial charge on any atom is -0.503 e. The van der Waals surface area contributed by atoms with Gasteiger partial charge >= 0.3 is 0 Å². The molecule has 0 aliphatic carbocycles. The van der Waals surface area contributed by atoms with Crippen LogP contribution in [0.3, 0.4) is 0 Å². The number of aliphatic hydroxyl groups excluding tert-OH is 1. The summed E-state index contributed by atoms with van der Waals surface area (Å²) in [6.45, 7) is 0. The number of rotatable bonds is 4. The summed E-state index contributed by atoms with van der Waals surface area (Å²) < 4.78 is 0. The zero-order valence-corrected chi connectivity index (χ0v) is 15.8. The Bertz CT molecular complexity index is 1230. The second-order valence-electron chi connectivity index (χ2n) is 6.48. The fourth-order valence-corrected chi connectivity index (χ4v) is 4.14. The topological polar surface area (TPSA) is 99.2 Å². The molecule has 5 rings (SSSR count). The van der Waals surface area contributed by atoms with Crippen molar-refractivity contribution in [2.45, 2.75) is 6.04 Å². The largest absolute Gasteiger partial charge is 0.503 e. The molecular weight excluding hydrogens is 388 g/mol. The van der Waals surface area contributed by atoms with Crippen molar-refractivity contribution in [2.75, 3.05) is 4.90 Å². The van der Waals surface area contributed by atoms with Gasteiger partial charge in [0.25, 0.3) is 5.91 Å². The molecule has 1 aromatic carbocycles. The van der Waals surface area contributed by atoms with E-state index in [0.29, 0.717) is 16.1 Å². The van der Waals surface area contributed by atoms with Gasteiger partial charge < -0.3 is 10.1 Å². The van der Waals surface area contributed by atoms with Crippen LogP contribution in [-0.2, 0) is 4.79 Å². The van der Waals surface area contributed by atoms with Crippen LogP contribution in [0.5, 0.6) is 0 Å². The Morgan fingerprint density at radius 2 is 1.93 bits per heavy atom. The van der Waals surface area contributed by atoms with E-state index in [1.165, 1.54) is 16.2 Å². The number of hydrogen-bond donors (Lipinski definition) is 2. The Kier molecular flexibility index (Phi) is 3.99. The normalized spacial score (nSPS) is 16.8. The first-order chi connectivity index (χ1) is 14.1. The molecule has 3 aromatic heterocycles. The fourth-order valence-electron chi connectivity index (χ4n) is 3.47. The summed E-state index contributed by atoms with van der Waals surface area (Å²) in [5.74, 6) is -1.44. The number of amides is 1. The van der Waals surface area contributed by atoms with Gasteiger partial charge in [-0.1, -0.05) is 24.3 Å². The van der Waals surface area contributed by atoms with Crippen molar-refractivity contribution in [1.82, 2.24) is 15.0 Å². The van der Waals surface area contributed by atoms with Crippen LogP contribution >= 0.6 is 11.3 Å². The maximum absolute atomic E-state index is 13.2. The molecule has 4 heterocycles. The molecule has 142 valence electrons. The van der Waals surface area contributed by atoms with Crippen molar-refractivity contribution in [3.05, 3.63) is 88.1 Å². The van der Waals surface area contributed by atoms with Crippen LogP contribution in [-0.4, -0.2) is 31.7 Å². The van der Waals surface area contributed by atoms with Crippen LogP contribution < -0.4 is 4.90 Å². The highest BCUT2D eigenvalue weighted by Gasteiger charge is 2.46. The number of benzene rings is 1. The number of Topliss-reactive ketones (excluding diaryl/α,β-unsaturated/α-hetero) is 1. The van der Waals surface area contributed by atoms with Gasteiger partial charge in [0.2, 0.25) is 11.7 Å². The van der Waals surface area contributed by atoms with Crippen molar-refractivity contribution in [2.24, 2.45) is 0 Å². The number of hydrogen-bond acceptors (Lipinski definition) is 6. The highest BCUT2D eigenvalue weighted by molar-refractivity contribution is 7.12. The summed E-state index contributed by atoms with van der Waals surface area (Å²) in [6.07, 6.45) is 1.58. The number of carbonyl (C=O) groups is 2. The number of nitrogens with one attached hydrogen (secondary N) is 1. The number of nitrogens with zero attached hydrogens (tertiary/aromatic N) is 3. The van der Waals surface area contributed by atoms with Gasteiger partial charge in [-0.3, -0.25) is 19.5 Å². The zero-order valence-electron chi connectivity index (χ0n) is 14.9. The zero-order chi connectivity index (χ0) is 20.0. The molecule has 1 unspecified atom stereocenters. The van der Waals surface area contributed by atoms with Crippen molar-refractivity contribution in [1.29, 1.82) is 0 Å². The first kappa shape index (κ1) is 17.3. The SMILES string of the molecule is O=C(C1=C(O)C(=O)N(c2nc3ccccc3[nH]2)C1c1ccccn1)c1cccs1. The van der Waals surface area contributed by atoms with Gasteiger partial charge in [-0.05, 0) is 35.7 Å². The van der Waals surface area contributed by atoms with Gasteiger partial charge in [0.05, 0.1) is 27.2 Å². The number of fused-ring (bicyclic) bond motifs is 1. The summed E-state index contributed by atoms with van der Waals surface area (Å²) in [4.78, 5) is 39.8. The molecule has 0 saturated carbocycles. The highest BCUT2D eigenvalue weighted by Crippen LogP contribution is 2.41. The monoisotopic (exact) mass is 402 g/mol. The molecule has 1 amide bonds. The number of anilines is 1. The van der Waals surface area contributed by atoms with Crippen molar-refractivity contribution < 1.29 is 14.7 Å². The molecule has 8 heteroatoms. The van der Waals surface area contributed by atoms with Gasteiger partial charge in [0, 0.05) is 6.20 Å². The minimum atomic E-state index is -0.890. The molecule has 1 aliphatic heterocycles. The second-order valence-corrected chi connectivity index (χ2v) is 7.43. The average Bonchev–Trinajstić information content (AvgIpc) is 3.47. The molecule has 0 spiro atoms. The predicted molar refractivity (Wildman–Crippen MR) is 109 cm³/mol. The first-order valence-corrected chi connectivity index (χ1v) is 9.73. The Labute approximate surface area is 169 Å². The number of H-pyrrole nitrogens is 1. The molecule has 4 aromatic rings. The van der Waals surface area contributed by atoms with Crippen LogP contribution in [0.1, 0.15) is 21.4 Å². The number of aliphatic hydroxyl groups is 1. The van der Waals surface area contributed by atoms with E-state index >= 15 is 0 Å². The Hall–Kier alpha value is -3.78. The third-order valence-corrected chi connectivity index (χ3v) is 5.64. The quantitative estimate of drug-likeness (QED) is 0.506. The van der Waals surface area contributed by atoms with E-state index in [1.54, 1.807) is 41.9 Å². The third-order valence-electron chi connectivity index (χ3n) is 4.77. The molecule has 1 atom stereocenters. The van der Waals surface area contributed by atoms with Gasteiger partial charge in [-0.25, -0.2) is 4.98 Å². The molecule has 0 saturated heterocycles. The standard InChI is InChI=1S/C21H14N4O3S/c26-18(15-9-5-11-29-15)16-17(14-8-3-4-10-22-14)25(20(28)19(16)27)21-23-12-6-1-2-7-13(12)24-21/h1-11,17,27H,(H,23,24). The smallest absolute Gasteiger partial charge is 0.296 e. The van der Waals surface area contributed by atoms with E-state index in [0.717, 1.165) is 5.52 Å². The highest BCUT2D eigenvalue weighted by atomic mass is 32.1. The second kappa shape index (κ2) is 6.68. The van der Waals surface area contributed by atoms with E-state index in [-0.39, 0.29) is 11.5 Å². The summed E-state index contributed by atoms with van der Waals surface area (Å²) >= 11 is 1.25. The molecule has 1 aliphatic rings. The van der Waals surface area contributed by atoms with Crippen LogP contribution in [0.2, 0.25) is 0 Å². The first-order valence-electron chi connectivity index (χ1n) is 8.85. The Balaban J connectivity index is 1.69. The van der Waals surface area contributed by atoms with E-state index < -0.39 is 23.5 Å². The maximum atomic E-state index is 13.2. The minimum absolute atomic E-state index is 0.00314. The molecule has 7 nitrogen and oxygen atoms in total. The molecule has 29 heavy (non-hydrogen) atoms. The maximum Gasteiger partial charge on any atom is 0.296 e. The summed E-state index contributed by atoms with van der Waals surface area (Å²) in [5.41, 5.74) is 1.88. The number of thiophene rings is 1. The summed E-state index contributed by atoms with van der Waals surface area (Å²) in [7, 11) is 0. The van der Waals surface area contributed by atoms with Gasteiger partial charge in [-0.2, -0.15) is 0 Å². The number of imidazole rings is 1.